The molecule has 3 heteroatoms. The average Bonchev–Trinajstić information content (AvgIpc) is 2.55. The summed E-state index contributed by atoms with van der Waals surface area (Å²) < 4.78 is 5.27. The summed E-state index contributed by atoms with van der Waals surface area (Å²) in [5.41, 5.74) is 8.95. The second-order valence-electron chi connectivity index (χ2n) is 3.32. The van der Waals surface area contributed by atoms with Crippen LogP contribution in [-0.2, 0) is 6.54 Å². The van der Waals surface area contributed by atoms with Crippen LogP contribution in [0.5, 0.6) is 5.75 Å². The zero-order chi connectivity index (χ0) is 10.1. The van der Waals surface area contributed by atoms with Gasteiger partial charge in [-0.2, -0.15) is 0 Å². The SMILES string of the molecule is COc1cccc2c(C)c(CN)[nH]c12. The number of fused-ring (bicyclic) bond motifs is 1. The van der Waals surface area contributed by atoms with E-state index in [0.717, 1.165) is 17.0 Å². The Morgan fingerprint density at radius 1 is 1.43 bits per heavy atom. The lowest BCUT2D eigenvalue weighted by Gasteiger charge is -2.00. The Balaban J connectivity index is 2.77. The molecule has 0 saturated heterocycles. The van der Waals surface area contributed by atoms with Gasteiger partial charge in [-0.1, -0.05) is 12.1 Å². The van der Waals surface area contributed by atoms with E-state index in [9.17, 15) is 0 Å². The van der Waals surface area contributed by atoms with Crippen molar-refractivity contribution in [2.75, 3.05) is 7.11 Å². The standard InChI is InChI=1S/C11H14N2O/c1-7-8-4-3-5-10(14-2)11(8)13-9(7)6-12/h3-5,13H,6,12H2,1-2H3. The fraction of sp³-hybridized carbons (Fsp3) is 0.273. The maximum Gasteiger partial charge on any atom is 0.142 e. The molecule has 1 aromatic carbocycles. The number of para-hydroxylation sites is 1. The highest BCUT2D eigenvalue weighted by Gasteiger charge is 2.08. The number of aromatic nitrogens is 1. The summed E-state index contributed by atoms with van der Waals surface area (Å²) in [6.07, 6.45) is 0. The Kier molecular flexibility index (Phi) is 2.17. The van der Waals surface area contributed by atoms with Crippen molar-refractivity contribution in [1.82, 2.24) is 4.98 Å². The number of nitrogens with two attached hydrogens (primary N) is 1. The van der Waals surface area contributed by atoms with Crippen LogP contribution in [0, 0.1) is 6.92 Å². The van der Waals surface area contributed by atoms with Gasteiger partial charge in [-0.3, -0.25) is 0 Å². The van der Waals surface area contributed by atoms with Crippen molar-refractivity contribution in [3.05, 3.63) is 29.5 Å². The minimum absolute atomic E-state index is 0.531. The van der Waals surface area contributed by atoms with Crippen LogP contribution in [0.3, 0.4) is 0 Å². The molecule has 0 aliphatic rings. The molecule has 3 N–H and O–H groups in total. The molecule has 0 bridgehead atoms. The van der Waals surface area contributed by atoms with Gasteiger partial charge in [0.2, 0.25) is 0 Å². The molecule has 0 spiro atoms. The number of methoxy groups -OCH3 is 1. The lowest BCUT2D eigenvalue weighted by molar-refractivity contribution is 0.419. The number of ether oxygens (including phenoxy) is 1. The number of nitrogens with one attached hydrogen (secondary N) is 1. The van der Waals surface area contributed by atoms with Crippen LogP contribution in [0.25, 0.3) is 10.9 Å². The number of H-pyrrole nitrogens is 1. The van der Waals surface area contributed by atoms with Crippen molar-refractivity contribution in [2.45, 2.75) is 13.5 Å². The van der Waals surface area contributed by atoms with E-state index in [1.807, 2.05) is 12.1 Å². The van der Waals surface area contributed by atoms with Crippen LogP contribution in [0.2, 0.25) is 0 Å². The molecule has 2 aromatic rings. The van der Waals surface area contributed by atoms with Crippen molar-refractivity contribution in [1.29, 1.82) is 0 Å². The Hall–Kier alpha value is -1.48. The van der Waals surface area contributed by atoms with Crippen molar-refractivity contribution in [3.8, 4) is 5.75 Å². The molecular weight excluding hydrogens is 176 g/mol. The van der Waals surface area contributed by atoms with Gasteiger partial charge in [0.05, 0.1) is 12.6 Å². The molecule has 1 aromatic heterocycles. The Labute approximate surface area is 82.9 Å². The number of benzene rings is 1. The van der Waals surface area contributed by atoms with Gasteiger partial charge < -0.3 is 15.5 Å². The summed E-state index contributed by atoms with van der Waals surface area (Å²) in [7, 11) is 1.67. The Bertz CT molecular complexity index is 460. The quantitative estimate of drug-likeness (QED) is 0.760. The second kappa shape index (κ2) is 3.35. The molecule has 74 valence electrons. The van der Waals surface area contributed by atoms with Gasteiger partial charge in [-0.25, -0.2) is 0 Å². The van der Waals surface area contributed by atoms with Gasteiger partial charge in [0.25, 0.3) is 0 Å². The number of rotatable bonds is 2. The molecule has 1 heterocycles. The lowest BCUT2D eigenvalue weighted by atomic mass is 10.1. The summed E-state index contributed by atoms with van der Waals surface area (Å²) in [6.45, 7) is 2.60. The molecule has 0 amide bonds. The van der Waals surface area contributed by atoms with Gasteiger partial charge in [0, 0.05) is 17.6 Å². The highest BCUT2D eigenvalue weighted by molar-refractivity contribution is 5.89. The van der Waals surface area contributed by atoms with E-state index in [2.05, 4.69) is 18.0 Å². The van der Waals surface area contributed by atoms with Crippen LogP contribution in [0.15, 0.2) is 18.2 Å². The fourth-order valence-electron chi connectivity index (χ4n) is 1.75. The maximum absolute atomic E-state index is 5.63. The van der Waals surface area contributed by atoms with Crippen LogP contribution in [0.4, 0.5) is 0 Å². The summed E-state index contributed by atoms with van der Waals surface area (Å²) in [5, 5.41) is 1.18. The number of hydrogen-bond acceptors (Lipinski definition) is 2. The zero-order valence-corrected chi connectivity index (χ0v) is 8.42. The third-order valence-corrected chi connectivity index (χ3v) is 2.58. The number of aromatic amines is 1. The highest BCUT2D eigenvalue weighted by atomic mass is 16.5. The van der Waals surface area contributed by atoms with Crippen LogP contribution in [0.1, 0.15) is 11.3 Å². The first-order valence-electron chi connectivity index (χ1n) is 4.62. The smallest absolute Gasteiger partial charge is 0.142 e. The highest BCUT2D eigenvalue weighted by Crippen LogP contribution is 2.28. The van der Waals surface area contributed by atoms with Crippen molar-refractivity contribution >= 4 is 10.9 Å². The first-order valence-corrected chi connectivity index (χ1v) is 4.62. The Morgan fingerprint density at radius 3 is 2.86 bits per heavy atom. The topological polar surface area (TPSA) is 51.0 Å². The monoisotopic (exact) mass is 190 g/mol. The molecule has 0 aliphatic heterocycles. The normalized spacial score (nSPS) is 10.8. The molecule has 0 atom stereocenters. The van der Waals surface area contributed by atoms with E-state index in [1.165, 1.54) is 10.9 Å². The molecule has 3 nitrogen and oxygen atoms in total. The third-order valence-electron chi connectivity index (χ3n) is 2.58. The van der Waals surface area contributed by atoms with Crippen LogP contribution in [-0.4, -0.2) is 12.1 Å². The predicted molar refractivity (Wildman–Crippen MR) is 57.5 cm³/mol. The van der Waals surface area contributed by atoms with Crippen LogP contribution >= 0.6 is 0 Å². The molecule has 0 saturated carbocycles. The van der Waals surface area contributed by atoms with Gasteiger partial charge in [0.1, 0.15) is 5.75 Å². The van der Waals surface area contributed by atoms with Gasteiger partial charge in [0.15, 0.2) is 0 Å². The zero-order valence-electron chi connectivity index (χ0n) is 8.42. The molecule has 0 aliphatic carbocycles. The lowest BCUT2D eigenvalue weighted by Crippen LogP contribution is -1.97. The van der Waals surface area contributed by atoms with Crippen LogP contribution < -0.4 is 10.5 Å². The van der Waals surface area contributed by atoms with Crippen molar-refractivity contribution in [2.24, 2.45) is 5.73 Å². The van der Waals surface area contributed by atoms with Crippen molar-refractivity contribution < 1.29 is 4.74 Å². The van der Waals surface area contributed by atoms with Gasteiger partial charge in [-0.15, -0.1) is 0 Å². The van der Waals surface area contributed by atoms with E-state index >= 15 is 0 Å². The molecule has 14 heavy (non-hydrogen) atoms. The molecule has 2 rings (SSSR count). The molecular formula is C11H14N2O. The van der Waals surface area contributed by atoms with E-state index < -0.39 is 0 Å². The molecule has 0 radical (unpaired) electrons. The average molecular weight is 190 g/mol. The summed E-state index contributed by atoms with van der Waals surface area (Å²) >= 11 is 0. The van der Waals surface area contributed by atoms with E-state index in [0.29, 0.717) is 6.54 Å². The van der Waals surface area contributed by atoms with Gasteiger partial charge in [-0.05, 0) is 18.6 Å². The molecule has 0 fully saturated rings. The maximum atomic E-state index is 5.63. The fourth-order valence-corrected chi connectivity index (χ4v) is 1.75. The summed E-state index contributed by atoms with van der Waals surface area (Å²) in [5.74, 6) is 0.866. The molecule has 0 unspecified atom stereocenters. The van der Waals surface area contributed by atoms with Crippen molar-refractivity contribution in [3.63, 3.8) is 0 Å². The minimum atomic E-state index is 0.531. The number of aryl methyl sites for hydroxylation is 1. The Morgan fingerprint density at radius 2 is 2.21 bits per heavy atom. The van der Waals surface area contributed by atoms with E-state index in [-0.39, 0.29) is 0 Å². The largest absolute Gasteiger partial charge is 0.495 e. The summed E-state index contributed by atoms with van der Waals surface area (Å²) in [6, 6.07) is 6.00. The minimum Gasteiger partial charge on any atom is -0.495 e. The van der Waals surface area contributed by atoms with E-state index in [4.69, 9.17) is 10.5 Å². The van der Waals surface area contributed by atoms with Gasteiger partial charge >= 0.3 is 0 Å². The first kappa shape index (κ1) is 9.09. The number of hydrogen-bond donors (Lipinski definition) is 2. The van der Waals surface area contributed by atoms with E-state index in [1.54, 1.807) is 7.11 Å². The second-order valence-corrected chi connectivity index (χ2v) is 3.32. The predicted octanol–water partition coefficient (Wildman–Crippen LogP) is 1.94. The third kappa shape index (κ3) is 1.17. The first-order chi connectivity index (χ1) is 6.77. The summed E-state index contributed by atoms with van der Waals surface area (Å²) in [4.78, 5) is 3.28.